The summed E-state index contributed by atoms with van der Waals surface area (Å²) in [6.07, 6.45) is 1.53. The highest BCUT2D eigenvalue weighted by molar-refractivity contribution is 6.42. The van der Waals surface area contributed by atoms with Crippen LogP contribution in [0, 0.1) is 0 Å². The number of benzene rings is 1. The van der Waals surface area contributed by atoms with Gasteiger partial charge >= 0.3 is 0 Å². The molecule has 0 amide bonds. The van der Waals surface area contributed by atoms with Crippen molar-refractivity contribution < 1.29 is 13.6 Å². The van der Waals surface area contributed by atoms with Crippen molar-refractivity contribution in [3.63, 3.8) is 0 Å². The lowest BCUT2D eigenvalue weighted by Crippen LogP contribution is -1.96. The van der Waals surface area contributed by atoms with Gasteiger partial charge in [-0.1, -0.05) is 29.3 Å². The van der Waals surface area contributed by atoms with E-state index in [1.807, 2.05) is 0 Å². The van der Waals surface area contributed by atoms with Crippen LogP contribution in [0.15, 0.2) is 45.4 Å². The fraction of sp³-hybridized carbons (Fsp3) is 0.0769. The van der Waals surface area contributed by atoms with Gasteiger partial charge in [-0.3, -0.25) is 0 Å². The Morgan fingerprint density at radius 1 is 1.10 bits per heavy atom. The van der Waals surface area contributed by atoms with E-state index in [4.69, 9.17) is 36.8 Å². The van der Waals surface area contributed by atoms with E-state index in [-0.39, 0.29) is 6.61 Å². The van der Waals surface area contributed by atoms with Crippen molar-refractivity contribution in [2.24, 2.45) is 0 Å². The number of aromatic nitrogens is 2. The summed E-state index contributed by atoms with van der Waals surface area (Å²) in [6, 6.07) is 8.59. The number of rotatable bonds is 4. The van der Waals surface area contributed by atoms with Crippen LogP contribution in [0.4, 0.5) is 0 Å². The molecule has 0 radical (unpaired) electrons. The van der Waals surface area contributed by atoms with Gasteiger partial charge < -0.3 is 13.6 Å². The van der Waals surface area contributed by atoms with Gasteiger partial charge in [0.05, 0.1) is 11.3 Å². The predicted molar refractivity (Wildman–Crippen MR) is 72.8 cm³/mol. The van der Waals surface area contributed by atoms with Crippen molar-refractivity contribution in [3.8, 4) is 17.4 Å². The molecule has 2 heterocycles. The first kappa shape index (κ1) is 13.0. The van der Waals surface area contributed by atoms with Gasteiger partial charge in [-0.15, -0.1) is 10.2 Å². The SMILES string of the molecule is Clc1cccc(OCc2nnc(-c3ccco3)o2)c1Cl. The molecule has 0 aliphatic carbocycles. The lowest BCUT2D eigenvalue weighted by Gasteiger charge is -2.06. The molecule has 0 aliphatic rings. The lowest BCUT2D eigenvalue weighted by molar-refractivity contribution is 0.264. The van der Waals surface area contributed by atoms with Crippen LogP contribution in [0.3, 0.4) is 0 Å². The highest BCUT2D eigenvalue weighted by atomic mass is 35.5. The van der Waals surface area contributed by atoms with E-state index in [0.29, 0.717) is 33.3 Å². The zero-order valence-corrected chi connectivity index (χ0v) is 11.6. The third-order valence-corrected chi connectivity index (χ3v) is 3.27. The molecule has 3 rings (SSSR count). The van der Waals surface area contributed by atoms with Crippen molar-refractivity contribution in [2.75, 3.05) is 0 Å². The minimum Gasteiger partial charge on any atom is -0.482 e. The van der Waals surface area contributed by atoms with E-state index >= 15 is 0 Å². The number of hydrogen-bond donors (Lipinski definition) is 0. The molecule has 7 heteroatoms. The Hall–Kier alpha value is -1.98. The zero-order valence-electron chi connectivity index (χ0n) is 10.0. The minimum atomic E-state index is 0.0910. The number of furan rings is 1. The minimum absolute atomic E-state index is 0.0910. The Balaban J connectivity index is 1.71. The van der Waals surface area contributed by atoms with E-state index in [2.05, 4.69) is 10.2 Å². The summed E-state index contributed by atoms with van der Waals surface area (Å²) in [5.74, 6) is 1.57. The zero-order chi connectivity index (χ0) is 13.9. The van der Waals surface area contributed by atoms with Crippen LogP contribution in [0.2, 0.25) is 10.0 Å². The molecule has 0 spiro atoms. The second-order valence-electron chi connectivity index (χ2n) is 3.82. The molecule has 0 N–H and O–H groups in total. The average Bonchev–Trinajstić information content (AvgIpc) is 3.10. The van der Waals surface area contributed by atoms with Crippen LogP contribution in [0.5, 0.6) is 5.75 Å². The molecule has 0 bridgehead atoms. The fourth-order valence-electron chi connectivity index (χ4n) is 1.55. The van der Waals surface area contributed by atoms with E-state index < -0.39 is 0 Å². The maximum atomic E-state index is 6.01. The molecule has 0 saturated heterocycles. The molecular formula is C13H8Cl2N2O3. The van der Waals surface area contributed by atoms with Crippen LogP contribution in [-0.4, -0.2) is 10.2 Å². The van der Waals surface area contributed by atoms with E-state index in [0.717, 1.165) is 0 Å². The molecule has 102 valence electrons. The van der Waals surface area contributed by atoms with Gasteiger partial charge in [-0.2, -0.15) is 0 Å². The molecule has 20 heavy (non-hydrogen) atoms. The van der Waals surface area contributed by atoms with E-state index in [1.54, 1.807) is 30.3 Å². The van der Waals surface area contributed by atoms with Crippen LogP contribution in [0.1, 0.15) is 5.89 Å². The number of ether oxygens (including phenoxy) is 1. The van der Waals surface area contributed by atoms with Crippen molar-refractivity contribution in [1.82, 2.24) is 10.2 Å². The Labute approximate surface area is 124 Å². The third-order valence-electron chi connectivity index (χ3n) is 2.47. The van der Waals surface area contributed by atoms with E-state index in [1.165, 1.54) is 6.26 Å². The molecule has 1 aromatic carbocycles. The number of halogens is 2. The Morgan fingerprint density at radius 3 is 2.80 bits per heavy atom. The van der Waals surface area contributed by atoms with Gasteiger partial charge in [0.2, 0.25) is 0 Å². The second-order valence-corrected chi connectivity index (χ2v) is 4.60. The van der Waals surface area contributed by atoms with Crippen LogP contribution in [0.25, 0.3) is 11.7 Å². The van der Waals surface area contributed by atoms with Crippen LogP contribution < -0.4 is 4.74 Å². The van der Waals surface area contributed by atoms with Gasteiger partial charge in [-0.05, 0) is 24.3 Å². The monoisotopic (exact) mass is 310 g/mol. The summed E-state index contributed by atoms with van der Waals surface area (Å²) in [5.41, 5.74) is 0. The summed E-state index contributed by atoms with van der Waals surface area (Å²) in [6.45, 7) is 0.0910. The Kier molecular flexibility index (Phi) is 3.62. The lowest BCUT2D eigenvalue weighted by atomic mass is 10.3. The Bertz CT molecular complexity index is 710. The van der Waals surface area contributed by atoms with Crippen molar-refractivity contribution in [1.29, 1.82) is 0 Å². The highest BCUT2D eigenvalue weighted by Crippen LogP contribution is 2.32. The van der Waals surface area contributed by atoms with Crippen LogP contribution >= 0.6 is 23.2 Å². The Morgan fingerprint density at radius 2 is 2.00 bits per heavy atom. The molecule has 3 aromatic rings. The standard InChI is InChI=1S/C13H8Cl2N2O3/c14-8-3-1-4-9(12(8)15)19-7-11-16-17-13(20-11)10-5-2-6-18-10/h1-6H,7H2. The maximum Gasteiger partial charge on any atom is 0.283 e. The highest BCUT2D eigenvalue weighted by Gasteiger charge is 2.12. The number of nitrogens with zero attached hydrogens (tertiary/aromatic N) is 2. The summed E-state index contributed by atoms with van der Waals surface area (Å²) >= 11 is 11.9. The normalized spacial score (nSPS) is 10.7. The molecule has 0 fully saturated rings. The van der Waals surface area contributed by atoms with E-state index in [9.17, 15) is 0 Å². The van der Waals surface area contributed by atoms with Gasteiger partial charge in [0.25, 0.3) is 11.8 Å². The molecule has 0 atom stereocenters. The molecule has 0 unspecified atom stereocenters. The molecule has 2 aromatic heterocycles. The summed E-state index contributed by atoms with van der Waals surface area (Å²) < 4.78 is 16.0. The molecule has 0 saturated carbocycles. The molecule has 5 nitrogen and oxygen atoms in total. The van der Waals surface area contributed by atoms with Crippen molar-refractivity contribution in [3.05, 3.63) is 52.5 Å². The van der Waals surface area contributed by atoms with Gasteiger partial charge in [0.15, 0.2) is 12.4 Å². The smallest absolute Gasteiger partial charge is 0.283 e. The summed E-state index contributed by atoms with van der Waals surface area (Å²) in [5, 5.41) is 8.49. The molecule has 0 aliphatic heterocycles. The summed E-state index contributed by atoms with van der Waals surface area (Å²) in [7, 11) is 0. The van der Waals surface area contributed by atoms with Gasteiger partial charge in [-0.25, -0.2) is 0 Å². The largest absolute Gasteiger partial charge is 0.482 e. The first-order chi connectivity index (χ1) is 9.74. The third kappa shape index (κ3) is 2.64. The maximum absolute atomic E-state index is 6.01. The van der Waals surface area contributed by atoms with Crippen molar-refractivity contribution >= 4 is 23.2 Å². The van der Waals surface area contributed by atoms with Crippen molar-refractivity contribution in [2.45, 2.75) is 6.61 Å². The average molecular weight is 311 g/mol. The van der Waals surface area contributed by atoms with Gasteiger partial charge in [0.1, 0.15) is 10.8 Å². The second kappa shape index (κ2) is 5.56. The van der Waals surface area contributed by atoms with Crippen LogP contribution in [-0.2, 0) is 6.61 Å². The first-order valence-electron chi connectivity index (χ1n) is 5.67. The van der Waals surface area contributed by atoms with Gasteiger partial charge in [0, 0.05) is 0 Å². The quantitative estimate of drug-likeness (QED) is 0.722. The fourth-order valence-corrected chi connectivity index (χ4v) is 1.89. The summed E-state index contributed by atoms with van der Waals surface area (Å²) in [4.78, 5) is 0. The predicted octanol–water partition coefficient (Wildman–Crippen LogP) is 4.22. The number of hydrogen-bond acceptors (Lipinski definition) is 5. The topological polar surface area (TPSA) is 61.3 Å². The molecular weight excluding hydrogens is 303 g/mol. The first-order valence-corrected chi connectivity index (χ1v) is 6.42.